The molecule has 98 valence electrons. The molecule has 1 N–H and O–H groups in total. The van der Waals surface area contributed by atoms with Gasteiger partial charge in [0.15, 0.2) is 0 Å². The lowest BCUT2D eigenvalue weighted by Crippen LogP contribution is -2.32. The van der Waals surface area contributed by atoms with Gasteiger partial charge >= 0.3 is 6.09 Å². The monoisotopic (exact) mass is 247 g/mol. The molecule has 0 saturated carbocycles. The Morgan fingerprint density at radius 2 is 2.11 bits per heavy atom. The molecule has 0 saturated heterocycles. The molecule has 3 heteroatoms. The highest BCUT2D eigenvalue weighted by atomic mass is 16.6. The van der Waals surface area contributed by atoms with Gasteiger partial charge in [0.1, 0.15) is 5.60 Å². The number of carbonyl (C=O) groups excluding carboxylic acids is 1. The molecule has 0 aliphatic carbocycles. The first-order valence-corrected chi connectivity index (χ1v) is 6.07. The van der Waals surface area contributed by atoms with E-state index in [-0.39, 0.29) is 0 Å². The molecule has 0 heterocycles. The third-order valence-electron chi connectivity index (χ3n) is 2.12. The van der Waals surface area contributed by atoms with Gasteiger partial charge < -0.3 is 10.1 Å². The highest BCUT2D eigenvalue weighted by molar-refractivity contribution is 5.68. The van der Waals surface area contributed by atoms with Crippen molar-refractivity contribution >= 4 is 12.2 Å². The fraction of sp³-hybridized carbons (Fsp3) is 0.400. The quantitative estimate of drug-likeness (QED) is 0.887. The number of amides is 1. The van der Waals surface area contributed by atoms with Crippen LogP contribution < -0.4 is 5.32 Å². The summed E-state index contributed by atoms with van der Waals surface area (Å²) < 4.78 is 5.13. The Morgan fingerprint density at radius 1 is 1.39 bits per heavy atom. The van der Waals surface area contributed by atoms with Gasteiger partial charge in [0.25, 0.3) is 0 Å². The summed E-state index contributed by atoms with van der Waals surface area (Å²) in [6, 6.07) is 8.17. The number of rotatable bonds is 3. The van der Waals surface area contributed by atoms with Crippen LogP contribution in [-0.4, -0.2) is 18.2 Å². The minimum Gasteiger partial charge on any atom is -0.444 e. The van der Waals surface area contributed by atoms with Gasteiger partial charge in [0.05, 0.1) is 0 Å². The van der Waals surface area contributed by atoms with E-state index in [1.165, 1.54) is 5.56 Å². The molecule has 1 rings (SSSR count). The third kappa shape index (κ3) is 6.09. The van der Waals surface area contributed by atoms with Gasteiger partial charge in [-0.3, -0.25) is 0 Å². The first-order chi connectivity index (χ1) is 8.37. The number of ether oxygens (including phenoxy) is 1. The topological polar surface area (TPSA) is 38.3 Å². The SMILES string of the molecule is Cc1cccc(C=CCNC(=O)OC(C)(C)C)c1. The fourth-order valence-corrected chi connectivity index (χ4v) is 1.43. The highest BCUT2D eigenvalue weighted by Crippen LogP contribution is 2.07. The third-order valence-corrected chi connectivity index (χ3v) is 2.12. The Balaban J connectivity index is 2.36. The Morgan fingerprint density at radius 3 is 2.72 bits per heavy atom. The minimum atomic E-state index is -0.454. The van der Waals surface area contributed by atoms with E-state index in [1.807, 2.05) is 45.1 Å². The van der Waals surface area contributed by atoms with E-state index >= 15 is 0 Å². The van der Waals surface area contributed by atoms with Crippen LogP contribution in [0.3, 0.4) is 0 Å². The number of alkyl carbamates (subject to hydrolysis) is 1. The Kier molecular flexibility index (Phi) is 4.95. The summed E-state index contributed by atoms with van der Waals surface area (Å²) in [4.78, 5) is 11.4. The van der Waals surface area contributed by atoms with Gasteiger partial charge in [-0.25, -0.2) is 4.79 Å². The molecule has 0 radical (unpaired) electrons. The van der Waals surface area contributed by atoms with Gasteiger partial charge in [-0.2, -0.15) is 0 Å². The molecule has 0 aromatic heterocycles. The maximum atomic E-state index is 11.4. The Labute approximate surface area is 109 Å². The zero-order chi connectivity index (χ0) is 13.6. The van der Waals surface area contributed by atoms with E-state index in [2.05, 4.69) is 24.4 Å². The first kappa shape index (κ1) is 14.3. The van der Waals surface area contributed by atoms with Gasteiger partial charge in [-0.05, 0) is 33.3 Å². The van der Waals surface area contributed by atoms with Crippen molar-refractivity contribution in [1.29, 1.82) is 0 Å². The van der Waals surface area contributed by atoms with Crippen LogP contribution >= 0.6 is 0 Å². The molecule has 1 aromatic carbocycles. The van der Waals surface area contributed by atoms with Crippen LogP contribution in [0.25, 0.3) is 6.08 Å². The fourth-order valence-electron chi connectivity index (χ4n) is 1.43. The van der Waals surface area contributed by atoms with Crippen LogP contribution in [0.1, 0.15) is 31.9 Å². The van der Waals surface area contributed by atoms with Crippen LogP contribution in [0.15, 0.2) is 30.3 Å². The highest BCUT2D eigenvalue weighted by Gasteiger charge is 2.14. The van der Waals surface area contributed by atoms with E-state index in [9.17, 15) is 4.79 Å². The molecular weight excluding hydrogens is 226 g/mol. The predicted octanol–water partition coefficient (Wildman–Crippen LogP) is 3.53. The molecular formula is C15H21NO2. The number of benzene rings is 1. The van der Waals surface area contributed by atoms with Crippen molar-refractivity contribution in [3.8, 4) is 0 Å². The summed E-state index contributed by atoms with van der Waals surface area (Å²) in [5.74, 6) is 0. The van der Waals surface area contributed by atoms with Crippen molar-refractivity contribution in [1.82, 2.24) is 5.32 Å². The second-order valence-corrected chi connectivity index (χ2v) is 5.20. The zero-order valence-corrected chi connectivity index (χ0v) is 11.5. The normalized spacial score (nSPS) is 11.6. The lowest BCUT2D eigenvalue weighted by molar-refractivity contribution is 0.0534. The number of nitrogens with one attached hydrogen (secondary N) is 1. The van der Waals surface area contributed by atoms with E-state index in [0.29, 0.717) is 6.54 Å². The summed E-state index contributed by atoms with van der Waals surface area (Å²) in [6.45, 7) is 8.04. The zero-order valence-electron chi connectivity index (χ0n) is 11.5. The second kappa shape index (κ2) is 6.24. The maximum Gasteiger partial charge on any atom is 0.407 e. The number of aryl methyl sites for hydroxylation is 1. The van der Waals surface area contributed by atoms with Crippen molar-refractivity contribution in [3.63, 3.8) is 0 Å². The van der Waals surface area contributed by atoms with Crippen molar-refractivity contribution in [2.24, 2.45) is 0 Å². The Hall–Kier alpha value is -1.77. The lowest BCUT2D eigenvalue weighted by atomic mass is 10.1. The number of carbonyl (C=O) groups is 1. The maximum absolute atomic E-state index is 11.4. The molecule has 0 atom stereocenters. The smallest absolute Gasteiger partial charge is 0.407 e. The summed E-state index contributed by atoms with van der Waals surface area (Å²) >= 11 is 0. The summed E-state index contributed by atoms with van der Waals surface area (Å²) in [5.41, 5.74) is 1.89. The molecule has 0 bridgehead atoms. The van der Waals surface area contributed by atoms with Crippen LogP contribution in [0.2, 0.25) is 0 Å². The molecule has 1 amide bonds. The average Bonchev–Trinajstić information content (AvgIpc) is 2.22. The van der Waals surface area contributed by atoms with Crippen LogP contribution in [-0.2, 0) is 4.74 Å². The lowest BCUT2D eigenvalue weighted by Gasteiger charge is -2.19. The molecule has 18 heavy (non-hydrogen) atoms. The predicted molar refractivity (Wildman–Crippen MR) is 74.4 cm³/mol. The van der Waals surface area contributed by atoms with Crippen LogP contribution in [0.5, 0.6) is 0 Å². The average molecular weight is 247 g/mol. The van der Waals surface area contributed by atoms with Crippen LogP contribution in [0, 0.1) is 6.92 Å². The molecule has 0 aliphatic rings. The van der Waals surface area contributed by atoms with E-state index in [1.54, 1.807) is 0 Å². The molecule has 1 aromatic rings. The first-order valence-electron chi connectivity index (χ1n) is 6.07. The van der Waals surface area contributed by atoms with Crippen molar-refractivity contribution in [2.75, 3.05) is 6.54 Å². The standard InChI is InChI=1S/C15H21NO2/c1-12-7-5-8-13(11-12)9-6-10-16-14(17)18-15(2,3)4/h5-9,11H,10H2,1-4H3,(H,16,17). The molecule has 0 spiro atoms. The van der Waals surface area contributed by atoms with Gasteiger partial charge in [-0.15, -0.1) is 0 Å². The number of hydrogen-bond acceptors (Lipinski definition) is 2. The molecule has 3 nitrogen and oxygen atoms in total. The second-order valence-electron chi connectivity index (χ2n) is 5.20. The van der Waals surface area contributed by atoms with Gasteiger partial charge in [0.2, 0.25) is 0 Å². The summed E-state index contributed by atoms with van der Waals surface area (Å²) in [5, 5.41) is 2.68. The molecule has 0 fully saturated rings. The summed E-state index contributed by atoms with van der Waals surface area (Å²) in [6.07, 6.45) is 3.49. The van der Waals surface area contributed by atoms with Gasteiger partial charge in [-0.1, -0.05) is 42.0 Å². The minimum absolute atomic E-state index is 0.392. The largest absolute Gasteiger partial charge is 0.444 e. The van der Waals surface area contributed by atoms with E-state index < -0.39 is 11.7 Å². The van der Waals surface area contributed by atoms with Crippen LogP contribution in [0.4, 0.5) is 4.79 Å². The number of hydrogen-bond donors (Lipinski definition) is 1. The van der Waals surface area contributed by atoms with Crippen molar-refractivity contribution in [3.05, 3.63) is 41.5 Å². The Bertz CT molecular complexity index is 430. The van der Waals surface area contributed by atoms with E-state index in [4.69, 9.17) is 4.74 Å². The van der Waals surface area contributed by atoms with Crippen molar-refractivity contribution < 1.29 is 9.53 Å². The molecule has 0 unspecified atom stereocenters. The van der Waals surface area contributed by atoms with E-state index in [0.717, 1.165) is 5.56 Å². The molecule has 0 aliphatic heterocycles. The van der Waals surface area contributed by atoms with Gasteiger partial charge in [0, 0.05) is 6.54 Å². The summed E-state index contributed by atoms with van der Waals surface area (Å²) in [7, 11) is 0. The van der Waals surface area contributed by atoms with Crippen molar-refractivity contribution in [2.45, 2.75) is 33.3 Å².